The fourth-order valence-electron chi connectivity index (χ4n) is 3.00. The van der Waals surface area contributed by atoms with Gasteiger partial charge in [-0.05, 0) is 49.4 Å². The zero-order chi connectivity index (χ0) is 15.7. The van der Waals surface area contributed by atoms with E-state index in [-0.39, 0.29) is 0 Å². The Hall–Kier alpha value is -1.11. The Bertz CT molecular complexity index is 633. The first kappa shape index (κ1) is 15.8. The number of piperazine rings is 1. The van der Waals surface area contributed by atoms with Gasteiger partial charge in [-0.2, -0.15) is 4.31 Å². The molecule has 2 aliphatic rings. The average molecular weight is 324 g/mol. The molecule has 0 spiro atoms. The number of nitrogens with zero attached hydrogens (tertiary/aromatic N) is 2. The highest BCUT2D eigenvalue weighted by molar-refractivity contribution is 7.89. The number of benzene rings is 1. The molecular weight excluding hydrogens is 300 g/mol. The van der Waals surface area contributed by atoms with Gasteiger partial charge in [-0.1, -0.05) is 0 Å². The van der Waals surface area contributed by atoms with Gasteiger partial charge in [0, 0.05) is 32.7 Å². The average Bonchev–Trinajstić information content (AvgIpc) is 3.31. The fraction of sp³-hybridized carbons (Fsp3) is 0.625. The van der Waals surface area contributed by atoms with Gasteiger partial charge < -0.3 is 9.64 Å². The molecule has 1 aliphatic heterocycles. The zero-order valence-corrected chi connectivity index (χ0v) is 14.1. The van der Waals surface area contributed by atoms with Crippen molar-refractivity contribution in [1.82, 2.24) is 9.21 Å². The summed E-state index contributed by atoms with van der Waals surface area (Å²) in [6.45, 7) is 5.80. The molecular formula is C16H24N2O3S. The maximum absolute atomic E-state index is 12.8. The molecule has 0 aromatic heterocycles. The smallest absolute Gasteiger partial charge is 0.243 e. The van der Waals surface area contributed by atoms with Gasteiger partial charge in [0.05, 0.1) is 12.0 Å². The van der Waals surface area contributed by atoms with Crippen molar-refractivity contribution in [2.45, 2.75) is 24.7 Å². The van der Waals surface area contributed by atoms with E-state index in [1.807, 2.05) is 6.92 Å². The van der Waals surface area contributed by atoms with Gasteiger partial charge in [0.15, 0.2) is 0 Å². The summed E-state index contributed by atoms with van der Waals surface area (Å²) in [5, 5.41) is 0. The lowest BCUT2D eigenvalue weighted by molar-refractivity contribution is 0.182. The Labute approximate surface area is 132 Å². The van der Waals surface area contributed by atoms with Crippen molar-refractivity contribution in [3.05, 3.63) is 23.8 Å². The van der Waals surface area contributed by atoms with Gasteiger partial charge >= 0.3 is 0 Å². The van der Waals surface area contributed by atoms with Crippen LogP contribution in [-0.2, 0) is 10.0 Å². The molecule has 0 amide bonds. The van der Waals surface area contributed by atoms with Crippen molar-refractivity contribution in [3.8, 4) is 5.75 Å². The second-order valence-electron chi connectivity index (χ2n) is 6.28. The molecule has 0 atom stereocenters. The minimum atomic E-state index is -3.40. The minimum absolute atomic E-state index is 0.393. The van der Waals surface area contributed by atoms with E-state index in [1.165, 1.54) is 12.8 Å². The van der Waals surface area contributed by atoms with Gasteiger partial charge in [-0.25, -0.2) is 8.42 Å². The Morgan fingerprint density at radius 2 is 1.86 bits per heavy atom. The number of methoxy groups -OCH3 is 1. The molecule has 1 aromatic rings. The molecule has 0 radical (unpaired) electrons. The fourth-order valence-corrected chi connectivity index (χ4v) is 4.62. The highest BCUT2D eigenvalue weighted by Crippen LogP contribution is 2.30. The van der Waals surface area contributed by atoms with Crippen molar-refractivity contribution in [1.29, 1.82) is 0 Å². The quantitative estimate of drug-likeness (QED) is 0.827. The Balaban J connectivity index is 1.70. The van der Waals surface area contributed by atoms with Crippen LogP contribution in [0.5, 0.6) is 5.75 Å². The van der Waals surface area contributed by atoms with Gasteiger partial charge in [-0.3, -0.25) is 0 Å². The molecule has 1 aliphatic carbocycles. The molecule has 1 saturated heterocycles. The lowest BCUT2D eigenvalue weighted by atomic mass is 10.2. The third-order valence-corrected chi connectivity index (χ3v) is 6.60. The molecule has 0 N–H and O–H groups in total. The van der Waals surface area contributed by atoms with Crippen LogP contribution in [0.3, 0.4) is 0 Å². The van der Waals surface area contributed by atoms with Crippen LogP contribution < -0.4 is 4.74 Å². The third kappa shape index (κ3) is 3.29. The molecule has 0 bridgehead atoms. The summed E-state index contributed by atoms with van der Waals surface area (Å²) in [5.74, 6) is 1.54. The number of ether oxygens (including phenoxy) is 1. The minimum Gasteiger partial charge on any atom is -0.497 e. The first-order valence-corrected chi connectivity index (χ1v) is 9.32. The Morgan fingerprint density at radius 3 is 2.41 bits per heavy atom. The van der Waals surface area contributed by atoms with E-state index < -0.39 is 10.0 Å². The van der Waals surface area contributed by atoms with Crippen LogP contribution in [0.2, 0.25) is 0 Å². The number of sulfonamides is 1. The third-order valence-electron chi connectivity index (χ3n) is 4.54. The SMILES string of the molecule is COc1ccc(S(=O)(=O)N2CCN(CC3CC3)CC2)c(C)c1. The van der Waals surface area contributed by atoms with E-state index in [0.717, 1.165) is 31.1 Å². The van der Waals surface area contributed by atoms with Crippen molar-refractivity contribution >= 4 is 10.0 Å². The molecule has 1 aromatic carbocycles. The van der Waals surface area contributed by atoms with Crippen LogP contribution in [0, 0.1) is 12.8 Å². The zero-order valence-electron chi connectivity index (χ0n) is 13.3. The molecule has 22 heavy (non-hydrogen) atoms. The maximum atomic E-state index is 12.8. The van der Waals surface area contributed by atoms with Crippen LogP contribution in [0.4, 0.5) is 0 Å². The lowest BCUT2D eigenvalue weighted by Crippen LogP contribution is -2.49. The van der Waals surface area contributed by atoms with E-state index in [1.54, 1.807) is 29.6 Å². The highest BCUT2D eigenvalue weighted by atomic mass is 32.2. The molecule has 0 unspecified atom stereocenters. The lowest BCUT2D eigenvalue weighted by Gasteiger charge is -2.34. The summed E-state index contributed by atoms with van der Waals surface area (Å²) >= 11 is 0. The number of hydrogen-bond donors (Lipinski definition) is 0. The number of aryl methyl sites for hydroxylation is 1. The molecule has 1 heterocycles. The normalized spacial score (nSPS) is 21.0. The summed E-state index contributed by atoms with van der Waals surface area (Å²) in [6.07, 6.45) is 2.67. The van der Waals surface area contributed by atoms with E-state index in [4.69, 9.17) is 4.74 Å². The van der Waals surface area contributed by atoms with E-state index in [2.05, 4.69) is 4.90 Å². The van der Waals surface area contributed by atoms with Crippen LogP contribution in [0.1, 0.15) is 18.4 Å². The molecule has 3 rings (SSSR count). The van der Waals surface area contributed by atoms with Crippen LogP contribution >= 0.6 is 0 Å². The summed E-state index contributed by atoms with van der Waals surface area (Å²) in [5.41, 5.74) is 0.736. The second kappa shape index (κ2) is 6.18. The van der Waals surface area contributed by atoms with Crippen molar-refractivity contribution in [2.75, 3.05) is 39.8 Å². The molecule has 6 heteroatoms. The molecule has 122 valence electrons. The summed E-state index contributed by atoms with van der Waals surface area (Å²) < 4.78 is 32.4. The van der Waals surface area contributed by atoms with Crippen molar-refractivity contribution in [3.63, 3.8) is 0 Å². The van der Waals surface area contributed by atoms with E-state index >= 15 is 0 Å². The predicted molar refractivity (Wildman–Crippen MR) is 85.7 cm³/mol. The Morgan fingerprint density at radius 1 is 1.18 bits per heavy atom. The summed E-state index contributed by atoms with van der Waals surface area (Å²) in [6, 6.07) is 5.14. The van der Waals surface area contributed by atoms with Gasteiger partial charge in [0.1, 0.15) is 5.75 Å². The van der Waals surface area contributed by atoms with Crippen LogP contribution in [-0.4, -0.2) is 57.5 Å². The first-order chi connectivity index (χ1) is 10.5. The molecule has 2 fully saturated rings. The van der Waals surface area contributed by atoms with Crippen LogP contribution in [0.25, 0.3) is 0 Å². The standard InChI is InChI=1S/C16H24N2O3S/c1-13-11-15(21-2)5-6-16(13)22(19,20)18-9-7-17(8-10-18)12-14-3-4-14/h5-6,11,14H,3-4,7-10,12H2,1-2H3. The maximum Gasteiger partial charge on any atom is 0.243 e. The van der Waals surface area contributed by atoms with Gasteiger partial charge in [0.25, 0.3) is 0 Å². The largest absolute Gasteiger partial charge is 0.497 e. The monoisotopic (exact) mass is 324 g/mol. The first-order valence-electron chi connectivity index (χ1n) is 7.88. The highest BCUT2D eigenvalue weighted by Gasteiger charge is 2.31. The summed E-state index contributed by atoms with van der Waals surface area (Å²) in [7, 11) is -1.82. The van der Waals surface area contributed by atoms with Crippen molar-refractivity contribution in [2.24, 2.45) is 5.92 Å². The van der Waals surface area contributed by atoms with Gasteiger partial charge in [0.2, 0.25) is 10.0 Å². The van der Waals surface area contributed by atoms with E-state index in [9.17, 15) is 8.42 Å². The topological polar surface area (TPSA) is 49.9 Å². The molecule has 1 saturated carbocycles. The van der Waals surface area contributed by atoms with Crippen LogP contribution in [0.15, 0.2) is 23.1 Å². The predicted octanol–water partition coefficient (Wildman–Crippen LogP) is 1.72. The van der Waals surface area contributed by atoms with Gasteiger partial charge in [-0.15, -0.1) is 0 Å². The summed E-state index contributed by atoms with van der Waals surface area (Å²) in [4.78, 5) is 2.79. The number of rotatable bonds is 5. The Kier molecular flexibility index (Phi) is 4.43. The molecule has 5 nitrogen and oxygen atoms in total. The van der Waals surface area contributed by atoms with Crippen molar-refractivity contribution < 1.29 is 13.2 Å². The number of hydrogen-bond acceptors (Lipinski definition) is 4. The van der Waals surface area contributed by atoms with E-state index in [0.29, 0.717) is 23.7 Å². The second-order valence-corrected chi connectivity index (χ2v) is 8.19.